The van der Waals surface area contributed by atoms with Crippen LogP contribution in [-0.4, -0.2) is 64.2 Å². The molecular weight excluding hydrogens is 720 g/mol. The van der Waals surface area contributed by atoms with Gasteiger partial charge in [-0.15, -0.1) is 0 Å². The minimum atomic E-state index is -2.21. The first-order valence-corrected chi connectivity index (χ1v) is 21.8. The molecule has 1 saturated heterocycles. The molecule has 0 aliphatic carbocycles. The molecule has 3 heterocycles. The van der Waals surface area contributed by atoms with Gasteiger partial charge in [-0.25, -0.2) is 13.9 Å². The minimum Gasteiger partial charge on any atom is -0.382 e. The largest absolute Gasteiger partial charge is 0.382 e. The Balaban J connectivity index is 1.11. The van der Waals surface area contributed by atoms with Crippen LogP contribution in [-0.2, 0) is 29.7 Å². The molecule has 1 aromatic carbocycles. The van der Waals surface area contributed by atoms with E-state index in [0.29, 0.717) is 24.4 Å². The molecule has 0 spiro atoms. The summed E-state index contributed by atoms with van der Waals surface area (Å²) in [6.07, 6.45) is 23.7. The lowest BCUT2D eigenvalue weighted by Crippen LogP contribution is -2.30. The summed E-state index contributed by atoms with van der Waals surface area (Å²) in [6.45, 7) is 5.61. The molecule has 306 valence electrons. The third kappa shape index (κ3) is 16.7. The highest BCUT2D eigenvalue weighted by atomic mass is 31.2. The van der Waals surface area contributed by atoms with E-state index >= 15 is 0 Å². The maximum atomic E-state index is 14.0. The summed E-state index contributed by atoms with van der Waals surface area (Å²) in [5, 5.41) is 13.5. The third-order valence-corrected chi connectivity index (χ3v) is 11.1. The number of nitriles is 1. The Bertz CT molecular complexity index is 1560. The van der Waals surface area contributed by atoms with E-state index in [0.717, 1.165) is 36.9 Å². The molecule has 4 rings (SSSR count). The van der Waals surface area contributed by atoms with Crippen molar-refractivity contribution < 1.29 is 32.5 Å². The predicted octanol–water partition coefficient (Wildman–Crippen LogP) is 10.1. The van der Waals surface area contributed by atoms with Gasteiger partial charge in [0.25, 0.3) is 0 Å². The molecule has 1 aliphatic heterocycles. The molecule has 1 aliphatic rings. The average Bonchev–Trinajstić information content (AvgIpc) is 3.79. The zero-order valence-electron chi connectivity index (χ0n) is 33.3. The normalized spacial score (nSPS) is 18.2. The number of nitrogens with two attached hydrogens (primary N) is 1. The van der Waals surface area contributed by atoms with Crippen molar-refractivity contribution in [1.82, 2.24) is 14.6 Å². The van der Waals surface area contributed by atoms with Crippen molar-refractivity contribution >= 4 is 19.9 Å². The number of halogens is 1. The maximum absolute atomic E-state index is 14.0. The van der Waals surface area contributed by atoms with Gasteiger partial charge in [-0.3, -0.25) is 0 Å². The van der Waals surface area contributed by atoms with Crippen LogP contribution in [0.25, 0.3) is 5.52 Å². The van der Waals surface area contributed by atoms with E-state index in [1.165, 1.54) is 108 Å². The van der Waals surface area contributed by atoms with Crippen molar-refractivity contribution in [2.75, 3.05) is 38.8 Å². The van der Waals surface area contributed by atoms with Crippen molar-refractivity contribution in [1.29, 1.82) is 5.26 Å². The van der Waals surface area contributed by atoms with Crippen molar-refractivity contribution in [2.45, 2.75) is 154 Å². The molecule has 3 N–H and O–H groups in total. The molecule has 2 aromatic heterocycles. The monoisotopic (exact) mass is 785 g/mol. The van der Waals surface area contributed by atoms with E-state index < -0.39 is 26.1 Å². The number of aromatic nitrogens is 3. The van der Waals surface area contributed by atoms with E-state index in [-0.39, 0.29) is 38.1 Å². The summed E-state index contributed by atoms with van der Waals surface area (Å²) in [4.78, 5) is 14.7. The molecular formula is C42H65FN5O6P. The van der Waals surface area contributed by atoms with Crippen LogP contribution < -0.4 is 5.73 Å². The number of nitrogen functional groups attached to an aromatic ring is 1. The van der Waals surface area contributed by atoms with Crippen molar-refractivity contribution in [3.63, 3.8) is 0 Å². The first kappa shape index (κ1) is 45.0. The van der Waals surface area contributed by atoms with Gasteiger partial charge in [-0.1, -0.05) is 103 Å². The Morgan fingerprint density at radius 3 is 2.31 bits per heavy atom. The van der Waals surface area contributed by atoms with Crippen LogP contribution in [0, 0.1) is 17.1 Å². The van der Waals surface area contributed by atoms with Gasteiger partial charge in [0.2, 0.25) is 0 Å². The zero-order valence-corrected chi connectivity index (χ0v) is 34.2. The molecule has 0 bridgehead atoms. The second-order valence-corrected chi connectivity index (χ2v) is 16.2. The zero-order chi connectivity index (χ0) is 39.1. The molecule has 0 radical (unpaired) electrons. The first-order valence-electron chi connectivity index (χ1n) is 20.7. The van der Waals surface area contributed by atoms with Crippen molar-refractivity contribution in [3.8, 4) is 6.07 Å². The fourth-order valence-corrected chi connectivity index (χ4v) is 7.87. The molecule has 0 saturated carbocycles. The Morgan fingerprint density at radius 1 is 0.964 bits per heavy atom. The molecule has 55 heavy (non-hydrogen) atoms. The summed E-state index contributed by atoms with van der Waals surface area (Å²) in [5.74, 6) is -0.0469. The minimum absolute atomic E-state index is 0.0607. The number of anilines is 1. The predicted molar refractivity (Wildman–Crippen MR) is 215 cm³/mol. The molecule has 4 atom stereocenters. The topological polar surface area (TPSA) is 146 Å². The lowest BCUT2D eigenvalue weighted by atomic mass is 10.0. The standard InChI is InChI=1S/C42H65FN5O6P/c1-3-4-5-6-7-8-9-10-11-12-13-14-15-16-17-18-24-50-30-37(51-25-22-34-26-35(29-44)28-36(43)27-34)31-52-55(49)53-32-42(2)23-21-40(54-42)38-19-20-39-41(45)46-33-47-48(38)39/h19-20,26-28,33,37,40,49H,3-18,21-25,30-32H2,1-2H3,(H2,45,46,47)/t37?,40?,42-,55?/m0/s1. The lowest BCUT2D eigenvalue weighted by Gasteiger charge is -2.26. The highest BCUT2D eigenvalue weighted by Gasteiger charge is 2.39. The number of fused-ring (bicyclic) bond motifs is 1. The van der Waals surface area contributed by atoms with Crippen LogP contribution in [0.5, 0.6) is 0 Å². The van der Waals surface area contributed by atoms with Crippen LogP contribution in [0.4, 0.5) is 10.2 Å². The van der Waals surface area contributed by atoms with E-state index in [9.17, 15) is 14.5 Å². The van der Waals surface area contributed by atoms with E-state index in [4.69, 9.17) is 29.0 Å². The SMILES string of the molecule is CCCCCCCCCCCCCCCCCCOCC(COP(O)OC[C@]1(C)CCC(c2ccc3c(N)ncnn23)O1)OCCc1cc(F)cc(C#N)c1. The number of nitrogens with zero attached hydrogens (tertiary/aromatic N) is 4. The van der Waals surface area contributed by atoms with Crippen LogP contribution in [0.1, 0.15) is 152 Å². The number of benzene rings is 1. The maximum Gasteiger partial charge on any atom is 0.330 e. The van der Waals surface area contributed by atoms with Gasteiger partial charge in [-0.2, -0.15) is 10.4 Å². The smallest absolute Gasteiger partial charge is 0.330 e. The van der Waals surface area contributed by atoms with Gasteiger partial charge in [0.15, 0.2) is 5.82 Å². The van der Waals surface area contributed by atoms with Crippen LogP contribution in [0.2, 0.25) is 0 Å². The first-order chi connectivity index (χ1) is 26.8. The van der Waals surface area contributed by atoms with E-state index in [1.807, 2.05) is 25.1 Å². The van der Waals surface area contributed by atoms with Crippen molar-refractivity contribution in [2.24, 2.45) is 0 Å². The Morgan fingerprint density at radius 2 is 1.64 bits per heavy atom. The Kier molecular flexibility index (Phi) is 20.8. The van der Waals surface area contributed by atoms with Gasteiger partial charge in [0, 0.05) is 6.61 Å². The molecule has 3 unspecified atom stereocenters. The second-order valence-electron chi connectivity index (χ2n) is 15.2. The van der Waals surface area contributed by atoms with Gasteiger partial charge in [0.1, 0.15) is 29.9 Å². The molecule has 1 fully saturated rings. The van der Waals surface area contributed by atoms with Crippen molar-refractivity contribution in [3.05, 3.63) is 59.3 Å². The van der Waals surface area contributed by atoms with E-state index in [2.05, 4.69) is 17.0 Å². The van der Waals surface area contributed by atoms with Gasteiger partial charge in [0.05, 0.1) is 49.4 Å². The summed E-state index contributed by atoms with van der Waals surface area (Å²) in [6, 6.07) is 10.1. The molecule has 11 nitrogen and oxygen atoms in total. The van der Waals surface area contributed by atoms with Crippen LogP contribution in [0.3, 0.4) is 0 Å². The number of ether oxygens (including phenoxy) is 3. The van der Waals surface area contributed by atoms with Crippen LogP contribution in [0.15, 0.2) is 36.7 Å². The second kappa shape index (κ2) is 25.5. The average molecular weight is 786 g/mol. The highest BCUT2D eigenvalue weighted by molar-refractivity contribution is 7.40. The highest BCUT2D eigenvalue weighted by Crippen LogP contribution is 2.43. The summed E-state index contributed by atoms with van der Waals surface area (Å²) in [5.41, 5.74) is 7.93. The van der Waals surface area contributed by atoms with Gasteiger partial charge >= 0.3 is 8.60 Å². The number of unbranched alkanes of at least 4 members (excludes halogenated alkanes) is 15. The molecule has 13 heteroatoms. The van der Waals surface area contributed by atoms with Gasteiger partial charge in [-0.05, 0) is 68.5 Å². The fraction of sp³-hybridized carbons (Fsp3) is 0.690. The number of rotatable bonds is 30. The molecule has 0 amide bonds. The Hall–Kier alpha value is -2.75. The van der Waals surface area contributed by atoms with Gasteiger partial charge < -0.3 is 33.9 Å². The summed E-state index contributed by atoms with van der Waals surface area (Å²) >= 11 is 0. The third-order valence-electron chi connectivity index (χ3n) is 10.3. The fourth-order valence-electron chi connectivity index (χ4n) is 7.12. The summed E-state index contributed by atoms with van der Waals surface area (Å²) in [7, 11) is -2.21. The number of hydrogen-bond donors (Lipinski definition) is 2. The molecule has 3 aromatic rings. The quantitative estimate of drug-likeness (QED) is 0.0495. The van der Waals surface area contributed by atoms with E-state index in [1.54, 1.807) is 10.6 Å². The lowest BCUT2D eigenvalue weighted by molar-refractivity contribution is -0.0645. The van der Waals surface area contributed by atoms with Crippen LogP contribution >= 0.6 is 8.60 Å². The summed E-state index contributed by atoms with van der Waals surface area (Å²) < 4.78 is 45.7. The Labute approximate surface area is 329 Å². The number of hydrogen-bond acceptors (Lipinski definition) is 10.